The Bertz CT molecular complexity index is 505. The molecule has 1 rings (SSSR count). The molecule has 1 aromatic rings. The first kappa shape index (κ1) is 23.1. The van der Waals surface area contributed by atoms with Gasteiger partial charge in [-0.3, -0.25) is 9.42 Å². The van der Waals surface area contributed by atoms with Gasteiger partial charge in [-0.1, -0.05) is 57.6 Å². The van der Waals surface area contributed by atoms with Crippen LogP contribution in [0.3, 0.4) is 0 Å². The van der Waals surface area contributed by atoms with E-state index in [4.69, 9.17) is 18.9 Å². The van der Waals surface area contributed by atoms with Crippen LogP contribution >= 0.6 is 7.82 Å². The van der Waals surface area contributed by atoms with Gasteiger partial charge in [-0.05, 0) is 30.5 Å². The van der Waals surface area contributed by atoms with Crippen LogP contribution < -0.4 is 4.52 Å². The molecule has 26 heavy (non-hydrogen) atoms. The molecule has 0 aliphatic carbocycles. The highest BCUT2D eigenvalue weighted by Gasteiger charge is 2.22. The molecule has 1 aromatic carbocycles. The number of aryl methyl sites for hydroxylation is 1. The normalized spacial score (nSPS) is 13.5. The first-order chi connectivity index (χ1) is 12.6. The minimum Gasteiger partial charge on any atom is -0.404 e. The lowest BCUT2D eigenvalue weighted by Crippen LogP contribution is -2.07. The Kier molecular flexibility index (Phi) is 12.6. The number of unbranched alkanes of at least 4 members (excludes halogenated alkanes) is 6. The zero-order chi connectivity index (χ0) is 19.1. The molecule has 150 valence electrons. The molecule has 0 saturated carbocycles. The maximum atomic E-state index is 11.8. The minimum absolute atomic E-state index is 0.0792. The van der Waals surface area contributed by atoms with E-state index in [9.17, 15) is 9.46 Å². The summed E-state index contributed by atoms with van der Waals surface area (Å²) in [5.41, 5.74) is 1.19. The van der Waals surface area contributed by atoms with Crippen molar-refractivity contribution in [3.8, 4) is 5.75 Å². The van der Waals surface area contributed by atoms with Crippen molar-refractivity contribution in [2.45, 2.75) is 58.3 Å². The van der Waals surface area contributed by atoms with Gasteiger partial charge in [0.05, 0.1) is 26.4 Å². The molecule has 1 unspecified atom stereocenters. The highest BCUT2D eigenvalue weighted by molar-refractivity contribution is 7.47. The lowest BCUT2D eigenvalue weighted by molar-refractivity contribution is 0.0627. The molecule has 0 fully saturated rings. The average molecular weight is 388 g/mol. The van der Waals surface area contributed by atoms with E-state index in [2.05, 4.69) is 6.92 Å². The number of hydrogen-bond donors (Lipinski definition) is 2. The number of aliphatic hydroxyl groups is 1. The number of aliphatic hydroxyl groups excluding tert-OH is 1. The summed E-state index contributed by atoms with van der Waals surface area (Å²) in [4.78, 5) is 9.66. The van der Waals surface area contributed by atoms with Crippen molar-refractivity contribution in [1.82, 2.24) is 0 Å². The lowest BCUT2D eigenvalue weighted by Gasteiger charge is -2.13. The monoisotopic (exact) mass is 388 g/mol. The topological polar surface area (TPSA) is 85.2 Å². The van der Waals surface area contributed by atoms with E-state index in [0.29, 0.717) is 5.75 Å². The summed E-state index contributed by atoms with van der Waals surface area (Å²) in [5.74, 6) is 0.301. The van der Waals surface area contributed by atoms with Crippen LogP contribution in [-0.4, -0.2) is 36.4 Å². The molecular weight excluding hydrogens is 355 g/mol. The Morgan fingerprint density at radius 3 is 2.23 bits per heavy atom. The first-order valence-corrected chi connectivity index (χ1v) is 11.0. The number of benzene rings is 1. The molecule has 0 saturated heterocycles. The van der Waals surface area contributed by atoms with E-state index in [1.807, 2.05) is 12.1 Å². The SMILES string of the molecule is CCCCCCCCCc1ccc(OP(=O)(O)OCCOCCO)cc1. The molecule has 0 heterocycles. The van der Waals surface area contributed by atoms with Crippen molar-refractivity contribution in [3.05, 3.63) is 29.8 Å². The van der Waals surface area contributed by atoms with Crippen LogP contribution in [0.25, 0.3) is 0 Å². The van der Waals surface area contributed by atoms with Crippen LogP contribution in [0.4, 0.5) is 0 Å². The average Bonchev–Trinajstić information content (AvgIpc) is 2.62. The fourth-order valence-electron chi connectivity index (χ4n) is 2.54. The van der Waals surface area contributed by atoms with Crippen LogP contribution in [-0.2, 0) is 20.2 Å². The summed E-state index contributed by atoms with van der Waals surface area (Å²) in [6.07, 6.45) is 9.93. The Morgan fingerprint density at radius 1 is 0.923 bits per heavy atom. The molecule has 0 aromatic heterocycles. The quantitative estimate of drug-likeness (QED) is 0.321. The van der Waals surface area contributed by atoms with Gasteiger partial charge in [-0.15, -0.1) is 0 Å². The summed E-state index contributed by atoms with van der Waals surface area (Å²) in [5, 5.41) is 8.56. The minimum atomic E-state index is -4.16. The Balaban J connectivity index is 2.23. The summed E-state index contributed by atoms with van der Waals surface area (Å²) in [6.45, 7) is 2.33. The van der Waals surface area contributed by atoms with E-state index in [-0.39, 0.29) is 26.4 Å². The number of hydrogen-bond acceptors (Lipinski definition) is 5. The van der Waals surface area contributed by atoms with Gasteiger partial charge in [0.15, 0.2) is 0 Å². The molecule has 0 spiro atoms. The van der Waals surface area contributed by atoms with Gasteiger partial charge in [0.25, 0.3) is 0 Å². The van der Waals surface area contributed by atoms with Gasteiger partial charge < -0.3 is 14.4 Å². The van der Waals surface area contributed by atoms with Crippen molar-refractivity contribution < 1.29 is 28.3 Å². The molecule has 0 aliphatic rings. The zero-order valence-corrected chi connectivity index (χ0v) is 16.7. The standard InChI is InChI=1S/C19H33O6P/c1-2-3-4-5-6-7-8-9-18-10-12-19(13-11-18)25-26(21,22)24-17-16-23-15-14-20/h10-13,20H,2-9,14-17H2,1H3,(H,21,22). The summed E-state index contributed by atoms with van der Waals surface area (Å²) >= 11 is 0. The van der Waals surface area contributed by atoms with Crippen LogP contribution in [0.2, 0.25) is 0 Å². The van der Waals surface area contributed by atoms with Gasteiger partial charge in [-0.2, -0.15) is 0 Å². The fourth-order valence-corrected chi connectivity index (χ4v) is 3.29. The van der Waals surface area contributed by atoms with Gasteiger partial charge in [0, 0.05) is 0 Å². The molecule has 0 amide bonds. The molecule has 0 radical (unpaired) electrons. The van der Waals surface area contributed by atoms with E-state index < -0.39 is 7.82 Å². The number of ether oxygens (including phenoxy) is 1. The maximum absolute atomic E-state index is 11.8. The summed E-state index contributed by atoms with van der Waals surface area (Å²) in [6, 6.07) is 7.20. The van der Waals surface area contributed by atoms with E-state index in [1.54, 1.807) is 12.1 Å². The molecular formula is C19H33O6P. The van der Waals surface area contributed by atoms with Crippen LogP contribution in [0, 0.1) is 0 Å². The Labute approximate surface area is 157 Å². The van der Waals surface area contributed by atoms with Gasteiger partial charge in [0.1, 0.15) is 5.75 Å². The molecule has 0 aliphatic heterocycles. The highest BCUT2D eigenvalue weighted by Crippen LogP contribution is 2.43. The smallest absolute Gasteiger partial charge is 0.404 e. The predicted octanol–water partition coefficient (Wildman–Crippen LogP) is 4.48. The van der Waals surface area contributed by atoms with Crippen LogP contribution in [0.1, 0.15) is 57.4 Å². The summed E-state index contributed by atoms with van der Waals surface area (Å²) in [7, 11) is -4.16. The molecule has 1 atom stereocenters. The molecule has 0 bridgehead atoms. The van der Waals surface area contributed by atoms with Crippen molar-refractivity contribution >= 4 is 7.82 Å². The van der Waals surface area contributed by atoms with Gasteiger partial charge in [0.2, 0.25) is 0 Å². The number of phosphoric ester groups is 1. The maximum Gasteiger partial charge on any atom is 0.527 e. The second-order valence-electron chi connectivity index (χ2n) is 6.24. The number of rotatable bonds is 16. The van der Waals surface area contributed by atoms with Crippen LogP contribution in [0.15, 0.2) is 24.3 Å². The van der Waals surface area contributed by atoms with Crippen molar-refractivity contribution in [3.63, 3.8) is 0 Å². The van der Waals surface area contributed by atoms with Crippen LogP contribution in [0.5, 0.6) is 5.75 Å². The van der Waals surface area contributed by atoms with Crippen molar-refractivity contribution in [2.75, 3.05) is 26.4 Å². The lowest BCUT2D eigenvalue weighted by atomic mass is 10.0. The zero-order valence-electron chi connectivity index (χ0n) is 15.8. The Hall–Kier alpha value is -0.910. The summed E-state index contributed by atoms with van der Waals surface area (Å²) < 4.78 is 26.6. The highest BCUT2D eigenvalue weighted by atomic mass is 31.2. The molecule has 7 heteroatoms. The second kappa shape index (κ2) is 14.2. The fraction of sp³-hybridized carbons (Fsp3) is 0.684. The largest absolute Gasteiger partial charge is 0.527 e. The number of phosphoric acid groups is 1. The Morgan fingerprint density at radius 2 is 1.58 bits per heavy atom. The third-order valence-corrected chi connectivity index (χ3v) is 4.88. The van der Waals surface area contributed by atoms with E-state index >= 15 is 0 Å². The third-order valence-electron chi connectivity index (χ3n) is 3.93. The molecule has 2 N–H and O–H groups in total. The molecule has 6 nitrogen and oxygen atoms in total. The van der Waals surface area contributed by atoms with Crippen molar-refractivity contribution in [2.24, 2.45) is 0 Å². The van der Waals surface area contributed by atoms with Crippen molar-refractivity contribution in [1.29, 1.82) is 0 Å². The van der Waals surface area contributed by atoms with Gasteiger partial charge in [-0.25, -0.2) is 4.57 Å². The van der Waals surface area contributed by atoms with Gasteiger partial charge >= 0.3 is 7.82 Å². The predicted molar refractivity (Wildman–Crippen MR) is 102 cm³/mol. The first-order valence-electron chi connectivity index (χ1n) is 9.52. The second-order valence-corrected chi connectivity index (χ2v) is 7.62. The third kappa shape index (κ3) is 11.7. The van der Waals surface area contributed by atoms with E-state index in [1.165, 1.54) is 44.1 Å². The van der Waals surface area contributed by atoms with E-state index in [0.717, 1.165) is 12.8 Å².